The molecule has 2 aromatic heterocycles. The lowest BCUT2D eigenvalue weighted by molar-refractivity contribution is -0.119. The number of halogens is 1. The van der Waals surface area contributed by atoms with Gasteiger partial charge in [0.25, 0.3) is 0 Å². The van der Waals surface area contributed by atoms with E-state index < -0.39 is 18.0 Å². The van der Waals surface area contributed by atoms with E-state index in [1.54, 1.807) is 29.1 Å². The third-order valence-corrected chi connectivity index (χ3v) is 4.83. The monoisotopic (exact) mass is 424 g/mol. The second-order valence-corrected chi connectivity index (χ2v) is 7.31. The Morgan fingerprint density at radius 1 is 1.32 bits per heavy atom. The van der Waals surface area contributed by atoms with Crippen LogP contribution in [-0.2, 0) is 16.1 Å². The van der Waals surface area contributed by atoms with Gasteiger partial charge in [0.1, 0.15) is 11.9 Å². The number of ether oxygens (including phenoxy) is 1. The molecule has 0 radical (unpaired) electrons. The zero-order valence-corrected chi connectivity index (χ0v) is 17.1. The summed E-state index contributed by atoms with van der Waals surface area (Å²) in [5, 5.41) is 10.5. The molecule has 2 amide bonds. The summed E-state index contributed by atoms with van der Waals surface area (Å²) >= 11 is 0. The maximum Gasteiger partial charge on any atom is 0.414 e. The molecule has 0 spiro atoms. The number of carbonyl (C=O) groups is 2. The Hall–Kier alpha value is -3.82. The minimum atomic E-state index is -0.572. The van der Waals surface area contributed by atoms with E-state index in [4.69, 9.17) is 4.74 Å². The van der Waals surface area contributed by atoms with Crippen LogP contribution in [0.3, 0.4) is 0 Å². The normalized spacial score (nSPS) is 15.8. The molecular formula is C21H21FN6O3. The number of benzene rings is 1. The lowest BCUT2D eigenvalue weighted by Crippen LogP contribution is -2.33. The first-order valence-corrected chi connectivity index (χ1v) is 9.73. The lowest BCUT2D eigenvalue weighted by Gasteiger charge is -2.14. The molecule has 1 atom stereocenters. The van der Waals surface area contributed by atoms with Crippen LogP contribution in [0.15, 0.2) is 42.7 Å². The zero-order valence-electron chi connectivity index (χ0n) is 17.1. The topological polar surface area (TPSA) is 102 Å². The van der Waals surface area contributed by atoms with Gasteiger partial charge in [-0.3, -0.25) is 14.7 Å². The van der Waals surface area contributed by atoms with Gasteiger partial charge < -0.3 is 10.1 Å². The molecule has 0 unspecified atom stereocenters. The number of amides is 2. The summed E-state index contributed by atoms with van der Waals surface area (Å²) in [6.45, 7) is 4.16. The van der Waals surface area contributed by atoms with Gasteiger partial charge in [-0.25, -0.2) is 13.9 Å². The molecule has 1 N–H and O–H groups in total. The molecule has 9 nitrogen and oxygen atoms in total. The van der Waals surface area contributed by atoms with E-state index in [0.29, 0.717) is 23.4 Å². The fourth-order valence-corrected chi connectivity index (χ4v) is 3.32. The number of anilines is 1. The zero-order chi connectivity index (χ0) is 22.0. The van der Waals surface area contributed by atoms with Crippen molar-refractivity contribution in [3.05, 3.63) is 59.9 Å². The number of cyclic esters (lactones) is 1. The maximum absolute atomic E-state index is 14.8. The first-order chi connectivity index (χ1) is 14.9. The molecule has 1 aliphatic rings. The van der Waals surface area contributed by atoms with E-state index in [9.17, 15) is 14.0 Å². The molecule has 10 heteroatoms. The molecule has 0 saturated carbocycles. The minimum absolute atomic E-state index is 0.207. The first kappa shape index (κ1) is 20.5. The summed E-state index contributed by atoms with van der Waals surface area (Å²) in [5.41, 5.74) is 2.98. The van der Waals surface area contributed by atoms with E-state index in [1.165, 1.54) is 17.9 Å². The summed E-state index contributed by atoms with van der Waals surface area (Å²) in [6, 6.07) is 8.16. The average molecular weight is 424 g/mol. The summed E-state index contributed by atoms with van der Waals surface area (Å²) in [4.78, 5) is 28.9. The first-order valence-electron chi connectivity index (χ1n) is 9.73. The lowest BCUT2D eigenvalue weighted by atomic mass is 10.1. The smallest absolute Gasteiger partial charge is 0.414 e. The van der Waals surface area contributed by atoms with E-state index in [-0.39, 0.29) is 19.0 Å². The predicted molar refractivity (Wildman–Crippen MR) is 110 cm³/mol. The molecule has 0 bridgehead atoms. The number of carbonyl (C=O) groups excluding carboxylic acids is 2. The van der Waals surface area contributed by atoms with Crippen molar-refractivity contribution in [1.29, 1.82) is 0 Å². The number of hydrogen-bond acceptors (Lipinski definition) is 6. The van der Waals surface area contributed by atoms with Gasteiger partial charge >= 0.3 is 6.09 Å². The van der Waals surface area contributed by atoms with Gasteiger partial charge in [0.05, 0.1) is 36.7 Å². The minimum Gasteiger partial charge on any atom is -0.442 e. The summed E-state index contributed by atoms with van der Waals surface area (Å²) in [5.74, 6) is -0.682. The van der Waals surface area contributed by atoms with Gasteiger partial charge in [-0.2, -0.15) is 0 Å². The van der Waals surface area contributed by atoms with Gasteiger partial charge in [-0.1, -0.05) is 11.3 Å². The highest BCUT2D eigenvalue weighted by molar-refractivity contribution is 5.90. The fraction of sp³-hybridized carbons (Fsp3) is 0.286. The van der Waals surface area contributed by atoms with Gasteiger partial charge in [-0.15, -0.1) is 5.10 Å². The van der Waals surface area contributed by atoms with E-state index in [2.05, 4.69) is 20.6 Å². The fourth-order valence-electron chi connectivity index (χ4n) is 3.32. The average Bonchev–Trinajstić information content (AvgIpc) is 3.32. The molecule has 1 saturated heterocycles. The number of aryl methyl sites for hydroxylation is 1. The maximum atomic E-state index is 14.8. The molecule has 1 fully saturated rings. The van der Waals surface area contributed by atoms with Crippen molar-refractivity contribution in [2.24, 2.45) is 0 Å². The van der Waals surface area contributed by atoms with Gasteiger partial charge in [0.15, 0.2) is 0 Å². The molecular weight excluding hydrogens is 403 g/mol. The largest absolute Gasteiger partial charge is 0.442 e. The number of pyridine rings is 1. The number of aromatic nitrogens is 4. The Kier molecular flexibility index (Phi) is 5.61. The highest BCUT2D eigenvalue weighted by atomic mass is 19.1. The third kappa shape index (κ3) is 4.68. The van der Waals surface area contributed by atoms with Gasteiger partial charge in [0, 0.05) is 30.4 Å². The van der Waals surface area contributed by atoms with Crippen LogP contribution in [0.5, 0.6) is 0 Å². The molecule has 31 heavy (non-hydrogen) atoms. The second kappa shape index (κ2) is 8.50. The van der Waals surface area contributed by atoms with E-state index in [1.807, 2.05) is 19.2 Å². The second-order valence-electron chi connectivity index (χ2n) is 7.31. The molecule has 4 rings (SSSR count). The molecule has 3 heterocycles. The Balaban J connectivity index is 1.46. The van der Waals surface area contributed by atoms with Crippen LogP contribution in [0.1, 0.15) is 18.3 Å². The van der Waals surface area contributed by atoms with Gasteiger partial charge in [0.2, 0.25) is 5.91 Å². The van der Waals surface area contributed by atoms with Crippen LogP contribution in [-0.4, -0.2) is 51.2 Å². The number of rotatable bonds is 6. The molecule has 1 aromatic carbocycles. The highest BCUT2D eigenvalue weighted by Gasteiger charge is 2.32. The van der Waals surface area contributed by atoms with Crippen molar-refractivity contribution in [3.8, 4) is 11.1 Å². The highest BCUT2D eigenvalue weighted by Crippen LogP contribution is 2.29. The quantitative estimate of drug-likeness (QED) is 0.652. The van der Waals surface area contributed by atoms with Crippen molar-refractivity contribution in [3.63, 3.8) is 0 Å². The van der Waals surface area contributed by atoms with Crippen LogP contribution in [0.4, 0.5) is 14.9 Å². The number of hydrogen-bond donors (Lipinski definition) is 1. The van der Waals surface area contributed by atoms with Crippen LogP contribution in [0.25, 0.3) is 11.1 Å². The Labute approximate surface area is 177 Å². The molecule has 1 aliphatic heterocycles. The van der Waals surface area contributed by atoms with Crippen LogP contribution < -0.4 is 10.2 Å². The Bertz CT molecular complexity index is 1110. The summed E-state index contributed by atoms with van der Waals surface area (Å²) in [7, 11) is 0. The van der Waals surface area contributed by atoms with Crippen molar-refractivity contribution >= 4 is 17.7 Å². The number of nitrogens with zero attached hydrogens (tertiary/aromatic N) is 5. The Morgan fingerprint density at radius 3 is 2.81 bits per heavy atom. The van der Waals surface area contributed by atoms with E-state index in [0.717, 1.165) is 11.4 Å². The van der Waals surface area contributed by atoms with Crippen molar-refractivity contribution in [1.82, 2.24) is 25.3 Å². The summed E-state index contributed by atoms with van der Waals surface area (Å²) < 4.78 is 21.7. The number of nitrogens with one attached hydrogen (secondary N) is 1. The summed E-state index contributed by atoms with van der Waals surface area (Å²) in [6.07, 6.45) is 2.37. The van der Waals surface area contributed by atoms with Gasteiger partial charge in [-0.05, 0) is 31.2 Å². The molecule has 3 aromatic rings. The molecule has 160 valence electrons. The van der Waals surface area contributed by atoms with Crippen molar-refractivity contribution < 1.29 is 18.7 Å². The third-order valence-electron chi connectivity index (χ3n) is 4.83. The van der Waals surface area contributed by atoms with Crippen LogP contribution in [0.2, 0.25) is 0 Å². The Morgan fingerprint density at radius 2 is 2.16 bits per heavy atom. The van der Waals surface area contributed by atoms with Crippen molar-refractivity contribution in [2.45, 2.75) is 26.5 Å². The van der Waals surface area contributed by atoms with E-state index >= 15 is 0 Å². The van der Waals surface area contributed by atoms with Crippen LogP contribution >= 0.6 is 0 Å². The molecule has 0 aliphatic carbocycles. The predicted octanol–water partition coefficient (Wildman–Crippen LogP) is 2.30. The SMILES string of the molecule is CC(=O)NC[C@H]1CN(c2ccc(-c3ccc(Cn4cc(C)nn4)nc3)c(F)c2)C(=O)O1. The standard InChI is InChI=1S/C21H21FN6O3/c1-13-10-27(26-25-13)11-16-4-3-15(8-24-16)19-6-5-17(7-20(19)22)28-12-18(31-21(28)30)9-23-14(2)29/h3-8,10,18H,9,11-12H2,1-2H3,(H,23,29)/t18-/m0/s1. The van der Waals surface area contributed by atoms with Crippen molar-refractivity contribution in [2.75, 3.05) is 18.0 Å². The van der Waals surface area contributed by atoms with Crippen LogP contribution in [0, 0.1) is 12.7 Å².